The fourth-order valence-electron chi connectivity index (χ4n) is 5.26. The number of alkyl halides is 3. The molecule has 4 aromatic carbocycles. The lowest BCUT2D eigenvalue weighted by molar-refractivity contribution is -0.137. The molecule has 2 aliphatic heterocycles. The van der Waals surface area contributed by atoms with Gasteiger partial charge in [0.2, 0.25) is 5.91 Å². The van der Waals surface area contributed by atoms with Crippen molar-refractivity contribution in [3.8, 4) is 11.1 Å². The van der Waals surface area contributed by atoms with Crippen LogP contribution in [-0.4, -0.2) is 66.5 Å². The van der Waals surface area contributed by atoms with Gasteiger partial charge in [0.15, 0.2) is 11.6 Å². The number of para-hydroxylation sites is 1. The standard InChI is InChI=1S/C40H40F5N3O3S/c1-51-22-21-46-19-17-32(18-20-46)47(24-27-9-11-28(12-10-27)29-13-15-31(16-14-29)40(43,44)45)37(50)25-48-35-8-3-2-6-33(35)36(49)23-38(48)52-26-30-5-4-7-34(41)39(30)42/h2-16,23,32,36,49H,17-22,24-26H2,1H3/i1D3,17D2,18D2,19D2,20D2,22D2,25D2,32D. The molecule has 0 saturated carbocycles. The number of rotatable bonds is 12. The van der Waals surface area contributed by atoms with Crippen molar-refractivity contribution < 1.29 is 58.5 Å². The van der Waals surface area contributed by atoms with Crippen molar-refractivity contribution in [1.82, 2.24) is 9.80 Å². The van der Waals surface area contributed by atoms with Gasteiger partial charge in [-0.05, 0) is 59.8 Å². The van der Waals surface area contributed by atoms with Crippen LogP contribution in [0.15, 0.2) is 102 Å². The molecule has 0 aliphatic carbocycles. The highest BCUT2D eigenvalue weighted by atomic mass is 32.2. The van der Waals surface area contributed by atoms with E-state index in [1.807, 2.05) is 0 Å². The summed E-state index contributed by atoms with van der Waals surface area (Å²) >= 11 is 0.592. The number of aliphatic hydroxyl groups is 1. The number of nitrogens with zero attached hydrogens (tertiary/aromatic N) is 3. The van der Waals surface area contributed by atoms with Gasteiger partial charge in [-0.15, -0.1) is 11.8 Å². The first-order valence-corrected chi connectivity index (χ1v) is 16.4. The molecule has 0 spiro atoms. The lowest BCUT2D eigenvalue weighted by Gasteiger charge is -2.40. The number of thioether (sulfide) groups is 1. The third kappa shape index (κ3) is 8.86. The van der Waals surface area contributed by atoms with Gasteiger partial charge in [0.05, 0.1) is 28.1 Å². The predicted octanol–water partition coefficient (Wildman–Crippen LogP) is 8.42. The SMILES string of the molecule is [2H]C([2H])([2H])OC([2H])([2H])CN1C([2H])([2H])C([2H])([2H])C([2H])(N(Cc2ccc(-c3ccc(C(F)(F)F)cc3)cc2)C(=O)C([2H])([2H])N2C(SCc3cccc(F)c3F)=CC(O)c3ccccc32)C([2H])([2H])C1([2H])[2H]. The Balaban J connectivity index is 1.52. The van der Waals surface area contributed by atoms with Gasteiger partial charge in [-0.3, -0.25) is 4.79 Å². The number of anilines is 1. The Labute approximate surface area is 327 Å². The quantitative estimate of drug-likeness (QED) is 0.147. The first-order valence-electron chi connectivity index (χ1n) is 23.4. The largest absolute Gasteiger partial charge is 0.416 e. The highest BCUT2D eigenvalue weighted by Gasteiger charge is 2.33. The summed E-state index contributed by atoms with van der Waals surface area (Å²) in [5.41, 5.74) is -1.14. The fraction of sp³-hybridized carbons (Fsp3) is 0.325. The smallest absolute Gasteiger partial charge is 0.384 e. The highest BCUT2D eigenvalue weighted by Crippen LogP contribution is 2.41. The third-order valence-corrected chi connectivity index (χ3v) is 8.97. The zero-order valence-electron chi connectivity index (χ0n) is 42.8. The van der Waals surface area contributed by atoms with Gasteiger partial charge < -0.3 is 24.5 Å². The van der Waals surface area contributed by atoms with Crippen molar-refractivity contribution in [1.29, 1.82) is 0 Å². The molecule has 52 heavy (non-hydrogen) atoms. The number of hydrogen-bond acceptors (Lipinski definition) is 6. The summed E-state index contributed by atoms with van der Waals surface area (Å²) in [4.78, 5) is 15.6. The van der Waals surface area contributed by atoms with Crippen molar-refractivity contribution in [3.63, 3.8) is 0 Å². The van der Waals surface area contributed by atoms with Crippen molar-refractivity contribution in [2.45, 2.75) is 43.3 Å². The van der Waals surface area contributed by atoms with Gasteiger partial charge in [0.25, 0.3) is 0 Å². The Morgan fingerprint density at radius 1 is 1.02 bits per heavy atom. The minimum atomic E-state index is -4.66. The van der Waals surface area contributed by atoms with Gasteiger partial charge >= 0.3 is 6.18 Å². The highest BCUT2D eigenvalue weighted by molar-refractivity contribution is 8.02. The lowest BCUT2D eigenvalue weighted by atomic mass is 9.99. The Bertz CT molecular complexity index is 2540. The monoisotopic (exact) mass is 753 g/mol. The van der Waals surface area contributed by atoms with Crippen LogP contribution in [0, 0.1) is 11.6 Å². The van der Waals surface area contributed by atoms with E-state index in [0.29, 0.717) is 16.7 Å². The summed E-state index contributed by atoms with van der Waals surface area (Å²) in [6.07, 6.45) is -13.6. The summed E-state index contributed by atoms with van der Waals surface area (Å²) in [5, 5.41) is 10.8. The molecule has 12 heteroatoms. The number of amides is 1. The van der Waals surface area contributed by atoms with E-state index < -0.39 is 106 Å². The van der Waals surface area contributed by atoms with Crippen LogP contribution < -0.4 is 4.90 Å². The van der Waals surface area contributed by atoms with Gasteiger partial charge in [0, 0.05) is 72.7 Å². The van der Waals surface area contributed by atoms with E-state index in [1.165, 1.54) is 60.7 Å². The van der Waals surface area contributed by atoms with E-state index in [0.717, 1.165) is 36.4 Å². The van der Waals surface area contributed by atoms with Crippen molar-refractivity contribution >= 4 is 23.4 Å². The minimum Gasteiger partial charge on any atom is -0.384 e. The summed E-state index contributed by atoms with van der Waals surface area (Å²) in [7, 11) is -3.53. The first kappa shape index (κ1) is 22.1. The van der Waals surface area contributed by atoms with Gasteiger partial charge in [-0.2, -0.15) is 13.2 Å². The molecule has 6 nitrogen and oxygen atoms in total. The zero-order chi connectivity index (χ0) is 51.0. The number of fused-ring (bicyclic) bond motifs is 1. The van der Waals surface area contributed by atoms with Crippen molar-refractivity contribution in [3.05, 3.63) is 136 Å². The Morgan fingerprint density at radius 3 is 2.40 bits per heavy atom. The first-order chi connectivity index (χ1) is 31.0. The predicted molar refractivity (Wildman–Crippen MR) is 193 cm³/mol. The number of hydrogen-bond donors (Lipinski definition) is 1. The number of benzene rings is 4. The summed E-state index contributed by atoms with van der Waals surface area (Å²) < 4.78 is 213. The second-order valence-electron chi connectivity index (χ2n) is 11.3. The minimum absolute atomic E-state index is 0.0309. The van der Waals surface area contributed by atoms with E-state index in [2.05, 4.69) is 4.74 Å². The molecule has 1 fully saturated rings. The van der Waals surface area contributed by atoms with E-state index in [-0.39, 0.29) is 48.3 Å². The summed E-state index contributed by atoms with van der Waals surface area (Å²) in [6, 6.07) is 13.3. The van der Waals surface area contributed by atoms with Crippen LogP contribution in [0.4, 0.5) is 27.6 Å². The van der Waals surface area contributed by atoms with Crippen molar-refractivity contribution in [2.24, 2.45) is 0 Å². The molecule has 2 aliphatic rings. The zero-order valence-corrected chi connectivity index (χ0v) is 27.7. The molecule has 1 unspecified atom stereocenters. The average Bonchev–Trinajstić information content (AvgIpc) is 3.23. The summed E-state index contributed by atoms with van der Waals surface area (Å²) in [6.45, 7) is -18.5. The molecule has 1 saturated heterocycles. The number of piperidine rings is 1. The maximum atomic E-state index is 15.4. The molecule has 4 aromatic rings. The fourth-order valence-corrected chi connectivity index (χ4v) is 6.28. The van der Waals surface area contributed by atoms with Gasteiger partial charge in [-0.25, -0.2) is 8.78 Å². The van der Waals surface area contributed by atoms with E-state index >= 15 is 4.79 Å². The van der Waals surface area contributed by atoms with E-state index in [9.17, 15) is 36.7 Å². The lowest BCUT2D eigenvalue weighted by Crippen LogP contribution is -2.50. The molecule has 274 valence electrons. The Kier molecular flexibility index (Phi) is 7.06. The van der Waals surface area contributed by atoms with Gasteiger partial charge in [0.1, 0.15) is 12.6 Å². The van der Waals surface area contributed by atoms with Crippen LogP contribution in [0.3, 0.4) is 0 Å². The second-order valence-corrected chi connectivity index (χ2v) is 12.3. The topological polar surface area (TPSA) is 56.2 Å². The van der Waals surface area contributed by atoms with Crippen LogP contribution in [0.1, 0.15) is 63.0 Å². The number of halogens is 5. The number of likely N-dealkylation sites (tertiary alicyclic amines) is 1. The maximum absolute atomic E-state index is 15.4. The van der Waals surface area contributed by atoms with E-state index in [1.54, 1.807) is 0 Å². The molecule has 1 atom stereocenters. The third-order valence-electron chi connectivity index (χ3n) is 7.90. The van der Waals surface area contributed by atoms with Crippen LogP contribution in [0.5, 0.6) is 0 Å². The number of methoxy groups -OCH3 is 1. The number of aliphatic hydroxyl groups excluding tert-OH is 1. The normalized spacial score (nSPS) is 26.6. The Hall–Kier alpha value is -4.23. The number of ether oxygens (including phenoxy) is 1. The van der Waals surface area contributed by atoms with Crippen molar-refractivity contribution in [2.75, 3.05) is 44.5 Å². The van der Waals surface area contributed by atoms with E-state index in [4.69, 9.17) is 12.3 Å². The summed E-state index contributed by atoms with van der Waals surface area (Å²) in [5.74, 6) is -4.98. The van der Waals surface area contributed by atoms with Crippen LogP contribution in [0.2, 0.25) is 0 Å². The molecule has 1 N–H and O–H groups in total. The molecule has 0 radical (unpaired) electrons. The van der Waals surface area contributed by atoms with Gasteiger partial charge in [-0.1, -0.05) is 66.7 Å². The molecule has 0 bridgehead atoms. The Morgan fingerprint density at radius 2 is 1.71 bits per heavy atom. The molecular weight excluding hydrogens is 698 g/mol. The molecule has 0 aromatic heterocycles. The van der Waals surface area contributed by atoms with Crippen LogP contribution in [0.25, 0.3) is 11.1 Å². The number of carbonyl (C=O) groups is 1. The average molecular weight is 754 g/mol. The maximum Gasteiger partial charge on any atom is 0.416 e. The molecule has 1 amide bonds. The van der Waals surface area contributed by atoms with Crippen LogP contribution >= 0.6 is 11.8 Å². The number of carbonyl (C=O) groups excluding carboxylic acids is 1. The molecule has 6 rings (SSSR count). The molecule has 2 heterocycles. The molecular formula is C40H40F5N3O3S. The van der Waals surface area contributed by atoms with Crippen LogP contribution in [-0.2, 0) is 28.0 Å². The second kappa shape index (κ2) is 16.6.